The molecule has 172 valence electrons. The molecule has 1 N–H and O–H groups in total. The van der Waals surface area contributed by atoms with Gasteiger partial charge < -0.3 is 33.3 Å². The number of phosphoric ester groups is 1. The van der Waals surface area contributed by atoms with E-state index in [1.807, 2.05) is 41.5 Å². The Kier molecular flexibility index (Phi) is 11.5. The predicted molar refractivity (Wildman–Crippen MR) is 101 cm³/mol. The molecule has 8 nitrogen and oxygen atoms in total. The summed E-state index contributed by atoms with van der Waals surface area (Å²) < 4.78 is 39.8. The van der Waals surface area contributed by atoms with Gasteiger partial charge in [-0.3, -0.25) is 4.57 Å². The van der Waals surface area contributed by atoms with Crippen molar-refractivity contribution in [3.63, 3.8) is 0 Å². The van der Waals surface area contributed by atoms with E-state index in [2.05, 4.69) is 0 Å². The molecule has 0 radical (unpaired) electrons. The quantitative estimate of drug-likeness (QED) is 0.299. The van der Waals surface area contributed by atoms with Gasteiger partial charge in [-0.05, 0) is 66.1 Å². The fraction of sp³-hybridized carbons (Fsp3) is 0.947. The van der Waals surface area contributed by atoms with Crippen LogP contribution < -0.4 is 4.89 Å². The zero-order chi connectivity index (χ0) is 21.1. The number of ether oxygens (including phenoxy) is 3. The van der Waals surface area contributed by atoms with Crippen LogP contribution in [0.1, 0.15) is 54.4 Å². The van der Waals surface area contributed by atoms with Crippen LogP contribution in [0.4, 0.5) is 0 Å². The third-order valence-corrected chi connectivity index (χ3v) is 6.02. The van der Waals surface area contributed by atoms with Crippen LogP contribution in [0.5, 0.6) is 0 Å². The van der Waals surface area contributed by atoms with Crippen LogP contribution in [-0.4, -0.2) is 54.9 Å². The van der Waals surface area contributed by atoms with E-state index >= 15 is 0 Å². The Labute approximate surface area is 188 Å². The molecule has 0 bridgehead atoms. The normalized spacial score (nSPS) is 35.2. The average molecular weight is 606 g/mol. The van der Waals surface area contributed by atoms with E-state index in [0.29, 0.717) is 18.9 Å². The Bertz CT molecular complexity index is 534. The first-order valence-electron chi connectivity index (χ1n) is 10.1. The van der Waals surface area contributed by atoms with Crippen molar-refractivity contribution in [2.24, 2.45) is 11.8 Å². The van der Waals surface area contributed by atoms with Crippen molar-refractivity contribution in [2.75, 3.05) is 13.2 Å². The van der Waals surface area contributed by atoms with Gasteiger partial charge in [-0.2, -0.15) is 0 Å². The Morgan fingerprint density at radius 2 is 1.86 bits per heavy atom. The maximum absolute atomic E-state index is 12.4. The number of hydrogen-bond acceptors (Lipinski definition) is 8. The van der Waals surface area contributed by atoms with Crippen molar-refractivity contribution in [1.29, 1.82) is 0 Å². The fourth-order valence-corrected chi connectivity index (χ4v) is 4.61. The molecule has 1 saturated carbocycles. The molecule has 1 heterocycles. The molecule has 2 aliphatic rings. The second-order valence-corrected chi connectivity index (χ2v) is 9.78. The van der Waals surface area contributed by atoms with Gasteiger partial charge in [0.2, 0.25) is 0 Å². The summed E-state index contributed by atoms with van der Waals surface area (Å²) in [4.78, 5) is 12.4. The average Bonchev–Trinajstić information content (AvgIpc) is 3.02. The third-order valence-electron chi connectivity index (χ3n) is 5.05. The van der Waals surface area contributed by atoms with Crippen LogP contribution in [0.3, 0.4) is 0 Å². The number of aliphatic hydroxyl groups excluding tert-OH is 1. The van der Waals surface area contributed by atoms with Gasteiger partial charge >= 0.3 is 0 Å². The van der Waals surface area contributed by atoms with Gasteiger partial charge in [-0.1, -0.05) is 6.92 Å². The second-order valence-electron chi connectivity index (χ2n) is 8.42. The Morgan fingerprint density at radius 1 is 1.21 bits per heavy atom. The summed E-state index contributed by atoms with van der Waals surface area (Å²) in [5, 5.41) is 10.4. The van der Waals surface area contributed by atoms with Crippen molar-refractivity contribution in [2.45, 2.75) is 91.0 Å². The summed E-state index contributed by atoms with van der Waals surface area (Å²) in [7, 11) is -4.59. The molecule has 2 fully saturated rings. The van der Waals surface area contributed by atoms with Crippen molar-refractivity contribution in [3.8, 4) is 0 Å². The summed E-state index contributed by atoms with van der Waals surface area (Å²) in [6.45, 7) is 11.4. The van der Waals surface area contributed by atoms with E-state index < -0.39 is 25.9 Å². The molecule has 0 aromatic rings. The largest absolute Gasteiger partial charge is 0.756 e. The topological polar surface area (TPSA) is 107 Å². The predicted octanol–water partition coefficient (Wildman–Crippen LogP) is 2.43. The number of aliphatic hydroxyl groups is 1. The Hall–Kier alpha value is 0.638. The molecular weight excluding hydrogens is 571 g/mol. The summed E-state index contributed by atoms with van der Waals surface area (Å²) in [6, 6.07) is 0. The van der Waals surface area contributed by atoms with Gasteiger partial charge in [0, 0.05) is 39.2 Å². The molecule has 3 unspecified atom stereocenters. The molecule has 0 spiro atoms. The van der Waals surface area contributed by atoms with Gasteiger partial charge in [0.05, 0.1) is 24.9 Å². The first-order valence-corrected chi connectivity index (χ1v) is 11.6. The Morgan fingerprint density at radius 3 is 2.45 bits per heavy atom. The zero-order valence-electron chi connectivity index (χ0n) is 18.1. The summed E-state index contributed by atoms with van der Waals surface area (Å²) in [5.74, 6) is -0.501. The van der Waals surface area contributed by atoms with Crippen LogP contribution in [0, 0.1) is 17.9 Å². The van der Waals surface area contributed by atoms with Crippen LogP contribution in [0.25, 0.3) is 0 Å². The summed E-state index contributed by atoms with van der Waals surface area (Å²) in [5.41, 5.74) is 0. The molecule has 2 rings (SSSR count). The van der Waals surface area contributed by atoms with Crippen molar-refractivity contribution in [1.82, 2.24) is 0 Å². The number of phosphoric acid groups is 1. The molecule has 0 aromatic carbocycles. The smallest absolute Gasteiger partial charge is 0.265 e. The minimum absolute atomic E-state index is 0. The van der Waals surface area contributed by atoms with E-state index in [-0.39, 0.29) is 64.6 Å². The van der Waals surface area contributed by atoms with E-state index in [0.717, 1.165) is 0 Å². The van der Waals surface area contributed by atoms with Gasteiger partial charge in [0.1, 0.15) is 0 Å². The molecule has 10 heteroatoms. The monoisotopic (exact) mass is 606 g/mol. The molecule has 1 aliphatic carbocycles. The second kappa shape index (κ2) is 12.0. The molecule has 29 heavy (non-hydrogen) atoms. The van der Waals surface area contributed by atoms with Crippen LogP contribution in [0.2, 0.25) is 0 Å². The van der Waals surface area contributed by atoms with E-state index in [1.165, 1.54) is 0 Å². The van der Waals surface area contributed by atoms with Gasteiger partial charge in [0.25, 0.3) is 7.82 Å². The number of hydrogen-bond donors (Lipinski definition) is 1. The minimum Gasteiger partial charge on any atom is -0.756 e. The third kappa shape index (κ3) is 8.59. The molecule has 7 atom stereocenters. The minimum atomic E-state index is -4.59. The molecular formula is C19H35O8PW-2. The van der Waals surface area contributed by atoms with Crippen LogP contribution in [0.15, 0.2) is 0 Å². The SMILES string of the molecule is CC(C)OC[C@H]1C(O)[C@@H](C)C[C@H]1OP(=O)([O-])OC[C-]1O[C@@H](C)CC1OC(C)C.[W]. The first-order chi connectivity index (χ1) is 13.0. The molecule has 0 amide bonds. The van der Waals surface area contributed by atoms with Gasteiger partial charge in [-0.15, -0.1) is 6.10 Å². The number of rotatable bonds is 10. The molecule has 1 aliphatic heterocycles. The van der Waals surface area contributed by atoms with Crippen molar-refractivity contribution >= 4 is 7.82 Å². The first kappa shape index (κ1) is 27.7. The van der Waals surface area contributed by atoms with E-state index in [4.69, 9.17) is 23.3 Å². The van der Waals surface area contributed by atoms with Crippen LogP contribution >= 0.6 is 7.82 Å². The van der Waals surface area contributed by atoms with E-state index in [9.17, 15) is 14.6 Å². The van der Waals surface area contributed by atoms with Gasteiger partial charge in [-0.25, -0.2) is 0 Å². The Balaban J connectivity index is 0.00000420. The summed E-state index contributed by atoms with van der Waals surface area (Å²) in [6.07, 6.45) is -0.200. The maximum atomic E-state index is 12.4. The molecule has 0 aromatic heterocycles. The standard InChI is InChI=1S/C19H36O8P.W/c1-11(2)23-9-15-16(7-13(5)19(15)20)27-28(21,22)24-10-18-17(25-12(3)4)8-14(6)26-18;/h11-17,19-20H,7-10H2,1-6H3,(H,21,22);/q-1;/p-1/t13-,14-,15+,16+,17?,19?;/m0./s1. The molecule has 1 saturated heterocycles. The zero-order valence-corrected chi connectivity index (χ0v) is 21.9. The summed E-state index contributed by atoms with van der Waals surface area (Å²) >= 11 is 0. The van der Waals surface area contributed by atoms with E-state index in [1.54, 1.807) is 0 Å². The van der Waals surface area contributed by atoms with Crippen molar-refractivity contribution < 1.29 is 58.9 Å². The van der Waals surface area contributed by atoms with Gasteiger partial charge in [0.15, 0.2) is 0 Å². The fourth-order valence-electron chi connectivity index (χ4n) is 3.69. The van der Waals surface area contributed by atoms with Crippen molar-refractivity contribution in [3.05, 3.63) is 6.10 Å². The van der Waals surface area contributed by atoms with Crippen LogP contribution in [-0.2, 0) is 48.9 Å². The maximum Gasteiger partial charge on any atom is 0.265 e.